The lowest BCUT2D eigenvalue weighted by Gasteiger charge is -2.16. The van der Waals surface area contributed by atoms with Crippen LogP contribution >= 0.6 is 0 Å². The van der Waals surface area contributed by atoms with E-state index in [0.29, 0.717) is 0 Å². The number of phenolic OH excluding ortho intramolecular Hbond substituents is 1. The summed E-state index contributed by atoms with van der Waals surface area (Å²) in [6.07, 6.45) is 0.171. The summed E-state index contributed by atoms with van der Waals surface area (Å²) in [5.74, 6) is -1.59. The summed E-state index contributed by atoms with van der Waals surface area (Å²) in [4.78, 5) is 22.7. The second-order valence-electron chi connectivity index (χ2n) is 4.84. The summed E-state index contributed by atoms with van der Waals surface area (Å²) in [5, 5.41) is 20.7. The average Bonchev–Trinajstić information content (AvgIpc) is 2.31. The molecule has 5 heteroatoms. The lowest BCUT2D eigenvalue weighted by atomic mass is 9.96. The van der Waals surface area contributed by atoms with Gasteiger partial charge in [0.25, 0.3) is 0 Å². The fourth-order valence-electron chi connectivity index (χ4n) is 1.69. The van der Waals surface area contributed by atoms with Crippen LogP contribution in [0.4, 0.5) is 0 Å². The molecule has 0 aromatic heterocycles. The molecule has 1 amide bonds. The Kier molecular flexibility index (Phi) is 5.36. The fraction of sp³-hybridized carbons (Fsp3) is 0.429. The Morgan fingerprint density at radius 1 is 1.21 bits per heavy atom. The number of carbonyl (C=O) groups excluding carboxylic acids is 1. The van der Waals surface area contributed by atoms with E-state index in [0.717, 1.165) is 5.56 Å². The molecule has 19 heavy (non-hydrogen) atoms. The number of phenols is 1. The van der Waals surface area contributed by atoms with Crippen LogP contribution in [0.2, 0.25) is 0 Å². The van der Waals surface area contributed by atoms with E-state index in [-0.39, 0.29) is 30.5 Å². The first-order chi connectivity index (χ1) is 8.90. The van der Waals surface area contributed by atoms with Crippen molar-refractivity contribution in [1.29, 1.82) is 0 Å². The SMILES string of the molecule is CC(C)C(CNC(=O)Cc1ccc(O)cc1)C(=O)O. The number of aromatic hydroxyl groups is 1. The second kappa shape index (κ2) is 6.78. The van der Waals surface area contributed by atoms with E-state index in [1.165, 1.54) is 12.1 Å². The molecule has 3 N–H and O–H groups in total. The quantitative estimate of drug-likeness (QED) is 0.725. The third-order valence-electron chi connectivity index (χ3n) is 2.94. The van der Waals surface area contributed by atoms with Crippen molar-refractivity contribution >= 4 is 11.9 Å². The number of aliphatic carboxylic acids is 1. The molecule has 0 bridgehead atoms. The van der Waals surface area contributed by atoms with Crippen molar-refractivity contribution in [2.75, 3.05) is 6.54 Å². The van der Waals surface area contributed by atoms with Crippen LogP contribution in [0, 0.1) is 11.8 Å². The molecule has 0 saturated carbocycles. The molecule has 5 nitrogen and oxygen atoms in total. The van der Waals surface area contributed by atoms with Gasteiger partial charge in [-0.2, -0.15) is 0 Å². The van der Waals surface area contributed by atoms with Crippen LogP contribution in [-0.2, 0) is 16.0 Å². The highest BCUT2D eigenvalue weighted by Gasteiger charge is 2.21. The first-order valence-corrected chi connectivity index (χ1v) is 6.17. The molecule has 0 aliphatic rings. The van der Waals surface area contributed by atoms with Crippen molar-refractivity contribution in [2.24, 2.45) is 11.8 Å². The molecule has 0 radical (unpaired) electrons. The highest BCUT2D eigenvalue weighted by molar-refractivity contribution is 5.79. The van der Waals surface area contributed by atoms with Gasteiger partial charge < -0.3 is 15.5 Å². The number of benzene rings is 1. The topological polar surface area (TPSA) is 86.6 Å². The van der Waals surface area contributed by atoms with Crippen molar-refractivity contribution in [1.82, 2.24) is 5.32 Å². The Bertz CT molecular complexity index is 439. The minimum Gasteiger partial charge on any atom is -0.508 e. The molecule has 1 aromatic rings. The van der Waals surface area contributed by atoms with E-state index in [1.807, 2.05) is 13.8 Å². The zero-order valence-corrected chi connectivity index (χ0v) is 11.1. The van der Waals surface area contributed by atoms with Crippen LogP contribution < -0.4 is 5.32 Å². The van der Waals surface area contributed by atoms with Gasteiger partial charge in [0.15, 0.2) is 0 Å². The molecule has 1 unspecified atom stereocenters. The van der Waals surface area contributed by atoms with Crippen LogP contribution in [0.15, 0.2) is 24.3 Å². The Morgan fingerprint density at radius 3 is 2.26 bits per heavy atom. The molecule has 0 heterocycles. The van der Waals surface area contributed by atoms with Gasteiger partial charge in [-0.3, -0.25) is 9.59 Å². The van der Waals surface area contributed by atoms with Gasteiger partial charge in [-0.05, 0) is 23.6 Å². The summed E-state index contributed by atoms with van der Waals surface area (Å²) in [6.45, 7) is 3.75. The number of hydrogen-bond acceptors (Lipinski definition) is 3. The molecular weight excluding hydrogens is 246 g/mol. The molecule has 0 saturated heterocycles. The smallest absolute Gasteiger partial charge is 0.308 e. The van der Waals surface area contributed by atoms with Gasteiger partial charge in [0.1, 0.15) is 5.75 Å². The molecule has 0 aliphatic carbocycles. The molecular formula is C14H19NO4. The number of carboxylic acids is 1. The van der Waals surface area contributed by atoms with Gasteiger partial charge in [0, 0.05) is 6.54 Å². The number of rotatable bonds is 6. The molecule has 0 fully saturated rings. The predicted octanol–water partition coefficient (Wildman–Crippen LogP) is 1.41. The van der Waals surface area contributed by atoms with Gasteiger partial charge in [-0.1, -0.05) is 26.0 Å². The summed E-state index contributed by atoms with van der Waals surface area (Å²) in [7, 11) is 0. The standard InChI is InChI=1S/C14H19NO4/c1-9(2)12(14(18)19)8-15-13(17)7-10-3-5-11(16)6-4-10/h3-6,9,12,16H,7-8H2,1-2H3,(H,15,17)(H,18,19). The Labute approximate surface area is 112 Å². The van der Waals surface area contributed by atoms with Crippen molar-refractivity contribution in [3.63, 3.8) is 0 Å². The predicted molar refractivity (Wildman–Crippen MR) is 70.8 cm³/mol. The van der Waals surface area contributed by atoms with Crippen LogP contribution in [0.25, 0.3) is 0 Å². The maximum atomic E-state index is 11.7. The minimum atomic E-state index is -0.903. The number of amides is 1. The summed E-state index contributed by atoms with van der Waals surface area (Å²) < 4.78 is 0. The molecule has 0 aliphatic heterocycles. The van der Waals surface area contributed by atoms with E-state index >= 15 is 0 Å². The van der Waals surface area contributed by atoms with E-state index in [9.17, 15) is 9.59 Å². The highest BCUT2D eigenvalue weighted by Crippen LogP contribution is 2.11. The maximum Gasteiger partial charge on any atom is 0.308 e. The first-order valence-electron chi connectivity index (χ1n) is 6.17. The average molecular weight is 265 g/mol. The Morgan fingerprint density at radius 2 is 1.79 bits per heavy atom. The van der Waals surface area contributed by atoms with Gasteiger partial charge in [-0.25, -0.2) is 0 Å². The van der Waals surface area contributed by atoms with Crippen LogP contribution in [0.5, 0.6) is 5.75 Å². The number of carboxylic acid groups (broad SMARTS) is 1. The summed E-state index contributed by atoms with van der Waals surface area (Å²) in [6, 6.07) is 6.34. The Hall–Kier alpha value is -2.04. The third-order valence-corrected chi connectivity index (χ3v) is 2.94. The molecule has 0 spiro atoms. The molecule has 1 atom stereocenters. The van der Waals surface area contributed by atoms with E-state index in [2.05, 4.69) is 5.32 Å². The maximum absolute atomic E-state index is 11.7. The lowest BCUT2D eigenvalue weighted by Crippen LogP contribution is -2.36. The van der Waals surface area contributed by atoms with Crippen molar-refractivity contribution < 1.29 is 19.8 Å². The number of hydrogen-bond donors (Lipinski definition) is 3. The normalized spacial score (nSPS) is 12.2. The number of nitrogens with one attached hydrogen (secondary N) is 1. The van der Waals surface area contributed by atoms with E-state index < -0.39 is 11.9 Å². The minimum absolute atomic E-state index is 0.0357. The summed E-state index contributed by atoms with van der Waals surface area (Å²) in [5.41, 5.74) is 0.770. The zero-order valence-electron chi connectivity index (χ0n) is 11.1. The summed E-state index contributed by atoms with van der Waals surface area (Å²) >= 11 is 0. The van der Waals surface area contributed by atoms with Crippen molar-refractivity contribution in [3.05, 3.63) is 29.8 Å². The third kappa shape index (κ3) is 4.99. The van der Waals surface area contributed by atoms with Crippen molar-refractivity contribution in [2.45, 2.75) is 20.3 Å². The van der Waals surface area contributed by atoms with Gasteiger partial charge in [-0.15, -0.1) is 0 Å². The van der Waals surface area contributed by atoms with Crippen molar-refractivity contribution in [3.8, 4) is 5.75 Å². The highest BCUT2D eigenvalue weighted by atomic mass is 16.4. The number of carbonyl (C=O) groups is 2. The zero-order chi connectivity index (χ0) is 14.4. The van der Waals surface area contributed by atoms with Gasteiger partial charge >= 0.3 is 5.97 Å². The molecule has 1 aromatic carbocycles. The van der Waals surface area contributed by atoms with Crippen LogP contribution in [0.1, 0.15) is 19.4 Å². The van der Waals surface area contributed by atoms with Gasteiger partial charge in [0.05, 0.1) is 12.3 Å². The monoisotopic (exact) mass is 265 g/mol. The first kappa shape index (κ1) is 15.0. The lowest BCUT2D eigenvalue weighted by molar-refractivity contribution is -0.143. The van der Waals surface area contributed by atoms with Crippen LogP contribution in [0.3, 0.4) is 0 Å². The second-order valence-corrected chi connectivity index (χ2v) is 4.84. The fourth-order valence-corrected chi connectivity index (χ4v) is 1.69. The Balaban J connectivity index is 2.47. The molecule has 1 rings (SSSR count). The van der Waals surface area contributed by atoms with Gasteiger partial charge in [0.2, 0.25) is 5.91 Å². The van der Waals surface area contributed by atoms with E-state index in [4.69, 9.17) is 10.2 Å². The van der Waals surface area contributed by atoms with E-state index in [1.54, 1.807) is 12.1 Å². The largest absolute Gasteiger partial charge is 0.508 e. The van der Waals surface area contributed by atoms with Crippen LogP contribution in [-0.4, -0.2) is 28.6 Å². The molecule has 104 valence electrons.